The van der Waals surface area contributed by atoms with Crippen molar-refractivity contribution in [2.24, 2.45) is 0 Å². The minimum absolute atomic E-state index is 0.0842. The summed E-state index contributed by atoms with van der Waals surface area (Å²) in [6.07, 6.45) is 3.64. The Morgan fingerprint density at radius 3 is 2.60 bits per heavy atom. The number of anilines is 1. The van der Waals surface area contributed by atoms with Gasteiger partial charge in [0.15, 0.2) is 17.3 Å². The Balaban J connectivity index is 1.58. The maximum Gasteiger partial charge on any atom is 0.259 e. The van der Waals surface area contributed by atoms with Gasteiger partial charge in [0.05, 0.1) is 22.3 Å². The fourth-order valence-electron chi connectivity index (χ4n) is 3.73. The Morgan fingerprint density at radius 2 is 1.90 bits per heavy atom. The second kappa shape index (κ2) is 7.12. The van der Waals surface area contributed by atoms with E-state index >= 15 is 0 Å². The van der Waals surface area contributed by atoms with Gasteiger partial charge in [-0.1, -0.05) is 18.5 Å². The van der Waals surface area contributed by atoms with Crippen LogP contribution in [0.1, 0.15) is 71.1 Å². The lowest BCUT2D eigenvalue weighted by molar-refractivity contribution is 0.101. The summed E-state index contributed by atoms with van der Waals surface area (Å²) in [6.45, 7) is 3.57. The summed E-state index contributed by atoms with van der Waals surface area (Å²) in [6, 6.07) is 5.05. The van der Waals surface area contributed by atoms with Crippen LogP contribution in [-0.4, -0.2) is 28.6 Å². The summed E-state index contributed by atoms with van der Waals surface area (Å²) < 4.78 is 16.2. The molecule has 2 aromatic heterocycles. The first-order valence-corrected chi connectivity index (χ1v) is 10.1. The number of ketones is 1. The molecule has 1 N–H and O–H groups in total. The zero-order valence-electron chi connectivity index (χ0n) is 16.8. The summed E-state index contributed by atoms with van der Waals surface area (Å²) >= 11 is 0. The summed E-state index contributed by atoms with van der Waals surface area (Å²) in [4.78, 5) is 30.1. The molecule has 3 aromatic rings. The van der Waals surface area contributed by atoms with Gasteiger partial charge in [-0.15, -0.1) is 0 Å². The summed E-state index contributed by atoms with van der Waals surface area (Å²) in [7, 11) is 0. The molecule has 1 amide bonds. The number of hydrogen-bond acceptors (Lipinski definition) is 7. The molecule has 1 aliphatic carbocycles. The highest BCUT2D eigenvalue weighted by molar-refractivity contribution is 6.14. The number of benzene rings is 1. The second-order valence-electron chi connectivity index (χ2n) is 7.69. The molecule has 1 saturated carbocycles. The third kappa shape index (κ3) is 3.18. The molecule has 0 saturated heterocycles. The van der Waals surface area contributed by atoms with Crippen molar-refractivity contribution in [2.75, 3.05) is 12.1 Å². The topological polar surface area (TPSA) is 104 Å². The van der Waals surface area contributed by atoms with E-state index in [-0.39, 0.29) is 18.5 Å². The molecule has 154 valence electrons. The van der Waals surface area contributed by atoms with E-state index in [9.17, 15) is 9.59 Å². The molecule has 0 unspecified atom stereocenters. The first kappa shape index (κ1) is 18.6. The number of ether oxygens (including phenoxy) is 2. The Labute approximate surface area is 172 Å². The highest BCUT2D eigenvalue weighted by Crippen LogP contribution is 2.41. The Bertz CT molecular complexity index is 1180. The molecule has 30 heavy (non-hydrogen) atoms. The van der Waals surface area contributed by atoms with E-state index in [2.05, 4.69) is 15.5 Å². The molecule has 2 aliphatic rings. The van der Waals surface area contributed by atoms with Crippen molar-refractivity contribution in [2.45, 2.75) is 45.4 Å². The van der Waals surface area contributed by atoms with Crippen molar-refractivity contribution in [1.82, 2.24) is 10.1 Å². The lowest BCUT2D eigenvalue weighted by atomic mass is 10.0. The monoisotopic (exact) mass is 407 g/mol. The van der Waals surface area contributed by atoms with Crippen molar-refractivity contribution in [3.05, 3.63) is 40.7 Å². The molecule has 0 atom stereocenters. The van der Waals surface area contributed by atoms with E-state index in [0.29, 0.717) is 57.4 Å². The molecule has 5 rings (SSSR count). The zero-order chi connectivity index (χ0) is 20.8. The number of aromatic nitrogens is 2. The predicted molar refractivity (Wildman–Crippen MR) is 108 cm³/mol. The molecular weight excluding hydrogens is 386 g/mol. The van der Waals surface area contributed by atoms with E-state index in [1.807, 2.05) is 13.0 Å². The quantitative estimate of drug-likeness (QED) is 0.610. The molecule has 1 aliphatic heterocycles. The van der Waals surface area contributed by atoms with Crippen molar-refractivity contribution in [3.8, 4) is 11.5 Å². The number of nitrogens with zero attached hydrogens (tertiary/aromatic N) is 2. The number of nitrogens with one attached hydrogen (secondary N) is 1. The number of Topliss-reactive ketones (excluding diaryl/α,β-unsaturated/α-hetero) is 1. The van der Waals surface area contributed by atoms with Gasteiger partial charge in [0.2, 0.25) is 6.79 Å². The van der Waals surface area contributed by atoms with Crippen molar-refractivity contribution in [1.29, 1.82) is 0 Å². The average Bonchev–Trinajstić information content (AvgIpc) is 3.35. The molecule has 0 spiro atoms. The van der Waals surface area contributed by atoms with Gasteiger partial charge in [0, 0.05) is 23.2 Å². The minimum atomic E-state index is -0.341. The SMILES string of the molecule is CCCc1noc2nc(C3CC3)cc(C(=O)Nc3cc4c(cc3C(C)=O)OCO4)c12. The van der Waals surface area contributed by atoms with E-state index in [1.54, 1.807) is 12.1 Å². The van der Waals surface area contributed by atoms with Gasteiger partial charge in [-0.3, -0.25) is 9.59 Å². The highest BCUT2D eigenvalue weighted by atomic mass is 16.7. The van der Waals surface area contributed by atoms with Gasteiger partial charge < -0.3 is 19.3 Å². The lowest BCUT2D eigenvalue weighted by Crippen LogP contribution is -2.16. The van der Waals surface area contributed by atoms with Crippen molar-refractivity contribution < 1.29 is 23.6 Å². The summed E-state index contributed by atoms with van der Waals surface area (Å²) in [5, 5.41) is 7.65. The van der Waals surface area contributed by atoms with E-state index in [1.165, 1.54) is 6.92 Å². The van der Waals surface area contributed by atoms with Gasteiger partial charge in [-0.05, 0) is 38.3 Å². The number of fused-ring (bicyclic) bond motifs is 2. The van der Waals surface area contributed by atoms with Crippen LogP contribution in [0.2, 0.25) is 0 Å². The molecule has 8 heteroatoms. The first-order chi connectivity index (χ1) is 14.5. The largest absolute Gasteiger partial charge is 0.454 e. The fraction of sp³-hybridized carbons (Fsp3) is 0.364. The number of carbonyl (C=O) groups is 2. The zero-order valence-corrected chi connectivity index (χ0v) is 16.8. The summed E-state index contributed by atoms with van der Waals surface area (Å²) in [5.41, 5.74) is 3.13. The normalized spacial score (nSPS) is 14.9. The van der Waals surface area contributed by atoms with Crippen molar-refractivity contribution in [3.63, 3.8) is 0 Å². The molecule has 1 fully saturated rings. The van der Waals surface area contributed by atoms with Crippen LogP contribution in [0.15, 0.2) is 22.7 Å². The lowest BCUT2D eigenvalue weighted by Gasteiger charge is -2.12. The Kier molecular flexibility index (Phi) is 4.42. The third-order valence-corrected chi connectivity index (χ3v) is 5.40. The standard InChI is InChI=1S/C22H21N3O5/c1-3-4-15-20-14(7-16(12-5-6-12)24-22(20)30-25-15)21(27)23-17-9-19-18(28-10-29-19)8-13(17)11(2)26/h7-9,12H,3-6,10H2,1-2H3,(H,23,27). The van der Waals surface area contributed by atoms with Crippen LogP contribution in [0.25, 0.3) is 11.1 Å². The Hall–Kier alpha value is -3.42. The molecule has 0 bridgehead atoms. The number of carbonyl (C=O) groups excluding carboxylic acids is 2. The van der Waals surface area contributed by atoms with Gasteiger partial charge >= 0.3 is 0 Å². The Morgan fingerprint density at radius 1 is 1.13 bits per heavy atom. The fourth-order valence-corrected chi connectivity index (χ4v) is 3.73. The smallest absolute Gasteiger partial charge is 0.259 e. The van der Waals surface area contributed by atoms with Crippen LogP contribution in [-0.2, 0) is 6.42 Å². The average molecular weight is 407 g/mol. The van der Waals surface area contributed by atoms with Gasteiger partial charge in [-0.25, -0.2) is 4.98 Å². The maximum absolute atomic E-state index is 13.4. The number of amides is 1. The first-order valence-electron chi connectivity index (χ1n) is 10.1. The molecule has 8 nitrogen and oxygen atoms in total. The number of pyridine rings is 1. The van der Waals surface area contributed by atoms with Crippen LogP contribution in [0.4, 0.5) is 5.69 Å². The van der Waals surface area contributed by atoms with Crippen LogP contribution in [0.3, 0.4) is 0 Å². The van der Waals surface area contributed by atoms with Crippen LogP contribution in [0.5, 0.6) is 11.5 Å². The van der Waals surface area contributed by atoms with Crippen molar-refractivity contribution >= 4 is 28.5 Å². The van der Waals surface area contributed by atoms with Crippen LogP contribution >= 0.6 is 0 Å². The van der Waals surface area contributed by atoms with E-state index in [4.69, 9.17) is 14.0 Å². The second-order valence-corrected chi connectivity index (χ2v) is 7.69. The third-order valence-electron chi connectivity index (χ3n) is 5.40. The highest BCUT2D eigenvalue weighted by Gasteiger charge is 2.29. The van der Waals surface area contributed by atoms with E-state index in [0.717, 1.165) is 25.0 Å². The molecule has 0 radical (unpaired) electrons. The van der Waals surface area contributed by atoms with E-state index < -0.39 is 0 Å². The van der Waals surface area contributed by atoms with Gasteiger partial charge in [-0.2, -0.15) is 0 Å². The molecular formula is C22H21N3O5. The van der Waals surface area contributed by atoms with Crippen LogP contribution in [0, 0.1) is 0 Å². The van der Waals surface area contributed by atoms with Gasteiger partial charge in [0.25, 0.3) is 11.6 Å². The number of hydrogen-bond donors (Lipinski definition) is 1. The number of rotatable bonds is 6. The molecule has 3 heterocycles. The van der Waals surface area contributed by atoms with Gasteiger partial charge in [0.1, 0.15) is 0 Å². The summed E-state index contributed by atoms with van der Waals surface area (Å²) in [5.74, 6) is 0.805. The minimum Gasteiger partial charge on any atom is -0.454 e. The maximum atomic E-state index is 13.4. The number of aryl methyl sites for hydroxylation is 1. The molecule has 1 aromatic carbocycles. The predicted octanol–water partition coefficient (Wildman–Crippen LogP) is 4.24. The van der Waals surface area contributed by atoms with Crippen LogP contribution < -0.4 is 14.8 Å².